The van der Waals surface area contributed by atoms with Crippen LogP contribution in [0.5, 0.6) is 0 Å². The molecule has 0 aliphatic heterocycles. The molecule has 6 heteroatoms. The standard InChI is InChI=1S/C21H22N2O4/c1-3-23(17-10-5-4-6-11-17)20(26)21(12-13-21)19(25)22-16-9-7-8-15(14-16)18(24)27-2/h4-11,14H,3,12-13H2,1-2H3,(H,22,25). The highest BCUT2D eigenvalue weighted by Gasteiger charge is 2.58. The van der Waals surface area contributed by atoms with Crippen molar-refractivity contribution >= 4 is 29.2 Å². The third-order valence-corrected chi connectivity index (χ3v) is 4.76. The number of anilines is 2. The number of hydrogen-bond acceptors (Lipinski definition) is 4. The van der Waals surface area contributed by atoms with Crippen molar-refractivity contribution in [2.45, 2.75) is 19.8 Å². The summed E-state index contributed by atoms with van der Waals surface area (Å²) in [5.74, 6) is -1.02. The van der Waals surface area contributed by atoms with Gasteiger partial charge in [0.1, 0.15) is 5.41 Å². The number of benzene rings is 2. The van der Waals surface area contributed by atoms with Gasteiger partial charge in [0.2, 0.25) is 11.8 Å². The van der Waals surface area contributed by atoms with E-state index in [9.17, 15) is 14.4 Å². The molecule has 6 nitrogen and oxygen atoms in total. The van der Waals surface area contributed by atoms with Crippen LogP contribution in [-0.2, 0) is 14.3 Å². The zero-order chi connectivity index (χ0) is 19.4. The first kappa shape index (κ1) is 18.6. The highest BCUT2D eigenvalue weighted by Crippen LogP contribution is 2.48. The van der Waals surface area contributed by atoms with Gasteiger partial charge in [0, 0.05) is 17.9 Å². The lowest BCUT2D eigenvalue weighted by molar-refractivity contribution is -0.132. The van der Waals surface area contributed by atoms with Crippen LogP contribution >= 0.6 is 0 Å². The number of para-hydroxylation sites is 1. The monoisotopic (exact) mass is 366 g/mol. The molecule has 1 saturated carbocycles. The summed E-state index contributed by atoms with van der Waals surface area (Å²) in [4.78, 5) is 39.3. The third kappa shape index (κ3) is 3.69. The predicted molar refractivity (Wildman–Crippen MR) is 103 cm³/mol. The average molecular weight is 366 g/mol. The molecule has 0 bridgehead atoms. The Morgan fingerprint density at radius 3 is 2.37 bits per heavy atom. The van der Waals surface area contributed by atoms with Crippen LogP contribution in [0.3, 0.4) is 0 Å². The molecule has 0 saturated heterocycles. The second kappa shape index (κ2) is 7.61. The number of nitrogens with one attached hydrogen (secondary N) is 1. The molecule has 1 aliphatic carbocycles. The fraction of sp³-hybridized carbons (Fsp3) is 0.286. The summed E-state index contributed by atoms with van der Waals surface area (Å²) in [5, 5.41) is 2.78. The Hall–Kier alpha value is -3.15. The first-order chi connectivity index (χ1) is 13.0. The quantitative estimate of drug-likeness (QED) is 0.629. The Kier molecular flexibility index (Phi) is 5.26. The van der Waals surface area contributed by atoms with Crippen LogP contribution < -0.4 is 10.2 Å². The summed E-state index contributed by atoms with van der Waals surface area (Å²) < 4.78 is 4.70. The summed E-state index contributed by atoms with van der Waals surface area (Å²) in [6.45, 7) is 2.37. The number of methoxy groups -OCH3 is 1. The molecule has 1 fully saturated rings. The van der Waals surface area contributed by atoms with Crippen molar-refractivity contribution in [3.8, 4) is 0 Å². The summed E-state index contributed by atoms with van der Waals surface area (Å²) in [6, 6.07) is 15.8. The van der Waals surface area contributed by atoms with Crippen LogP contribution in [0.15, 0.2) is 54.6 Å². The van der Waals surface area contributed by atoms with Crippen LogP contribution in [0.25, 0.3) is 0 Å². The van der Waals surface area contributed by atoms with Gasteiger partial charge in [-0.2, -0.15) is 0 Å². The fourth-order valence-corrected chi connectivity index (χ4v) is 3.07. The largest absolute Gasteiger partial charge is 0.465 e. The maximum absolute atomic E-state index is 13.1. The first-order valence-electron chi connectivity index (χ1n) is 8.88. The van der Waals surface area contributed by atoms with Crippen LogP contribution in [0.4, 0.5) is 11.4 Å². The fourth-order valence-electron chi connectivity index (χ4n) is 3.07. The normalized spacial score (nSPS) is 14.1. The van der Waals surface area contributed by atoms with Gasteiger partial charge in [-0.3, -0.25) is 9.59 Å². The van der Waals surface area contributed by atoms with E-state index in [1.165, 1.54) is 7.11 Å². The summed E-state index contributed by atoms with van der Waals surface area (Å²) in [7, 11) is 1.30. The van der Waals surface area contributed by atoms with Gasteiger partial charge < -0.3 is 15.0 Å². The van der Waals surface area contributed by atoms with Gasteiger partial charge in [-0.25, -0.2) is 4.79 Å². The van der Waals surface area contributed by atoms with Gasteiger partial charge in [0.25, 0.3) is 0 Å². The van der Waals surface area contributed by atoms with Crippen molar-refractivity contribution in [1.29, 1.82) is 0 Å². The van der Waals surface area contributed by atoms with E-state index in [0.717, 1.165) is 5.69 Å². The number of esters is 1. The lowest BCUT2D eigenvalue weighted by atomic mass is 10.0. The molecule has 2 amide bonds. The number of ether oxygens (including phenoxy) is 1. The molecule has 0 unspecified atom stereocenters. The van der Waals surface area contributed by atoms with Crippen molar-refractivity contribution in [2.75, 3.05) is 23.9 Å². The number of carbonyl (C=O) groups is 3. The summed E-state index contributed by atoms with van der Waals surface area (Å²) in [5.41, 5.74) is 0.528. The first-order valence-corrected chi connectivity index (χ1v) is 8.88. The molecular formula is C21H22N2O4. The topological polar surface area (TPSA) is 75.7 Å². The summed E-state index contributed by atoms with van der Waals surface area (Å²) in [6.07, 6.45) is 1.02. The van der Waals surface area contributed by atoms with Crippen molar-refractivity contribution in [3.05, 3.63) is 60.2 Å². The predicted octanol–water partition coefficient (Wildman–Crippen LogP) is 3.25. The van der Waals surface area contributed by atoms with Gasteiger partial charge in [-0.1, -0.05) is 24.3 Å². The van der Waals surface area contributed by atoms with Crippen LogP contribution in [0, 0.1) is 5.41 Å². The zero-order valence-corrected chi connectivity index (χ0v) is 15.4. The van der Waals surface area contributed by atoms with E-state index in [-0.39, 0.29) is 11.8 Å². The zero-order valence-electron chi connectivity index (χ0n) is 15.4. The second-order valence-corrected chi connectivity index (χ2v) is 6.49. The Morgan fingerprint density at radius 1 is 1.07 bits per heavy atom. The van der Waals surface area contributed by atoms with Gasteiger partial charge in [0.05, 0.1) is 12.7 Å². The van der Waals surface area contributed by atoms with E-state index < -0.39 is 11.4 Å². The molecular weight excluding hydrogens is 344 g/mol. The molecule has 1 aliphatic rings. The van der Waals surface area contributed by atoms with Crippen molar-refractivity contribution in [3.63, 3.8) is 0 Å². The van der Waals surface area contributed by atoms with Gasteiger partial charge in [-0.05, 0) is 50.1 Å². The Bertz CT molecular complexity index is 859. The molecule has 0 spiro atoms. The Morgan fingerprint density at radius 2 is 1.78 bits per heavy atom. The smallest absolute Gasteiger partial charge is 0.337 e. The number of carbonyl (C=O) groups excluding carboxylic acids is 3. The van der Waals surface area contributed by atoms with E-state index in [2.05, 4.69) is 5.32 Å². The molecule has 2 aromatic rings. The summed E-state index contributed by atoms with van der Waals surface area (Å²) >= 11 is 0. The number of amides is 2. The molecule has 0 atom stereocenters. The maximum Gasteiger partial charge on any atom is 0.337 e. The van der Waals surface area contributed by atoms with Crippen LogP contribution in [0.2, 0.25) is 0 Å². The molecule has 2 aromatic carbocycles. The van der Waals surface area contributed by atoms with E-state index in [0.29, 0.717) is 30.6 Å². The van der Waals surface area contributed by atoms with E-state index in [1.807, 2.05) is 37.3 Å². The number of rotatable bonds is 6. The molecule has 0 heterocycles. The Labute approximate surface area is 158 Å². The lowest BCUT2D eigenvalue weighted by Crippen LogP contribution is -2.43. The molecule has 0 aromatic heterocycles. The molecule has 1 N–H and O–H groups in total. The van der Waals surface area contributed by atoms with Crippen LogP contribution in [0.1, 0.15) is 30.1 Å². The van der Waals surface area contributed by atoms with Gasteiger partial charge >= 0.3 is 5.97 Å². The molecule has 3 rings (SSSR count). The minimum Gasteiger partial charge on any atom is -0.465 e. The third-order valence-electron chi connectivity index (χ3n) is 4.76. The maximum atomic E-state index is 13.1. The van der Waals surface area contributed by atoms with Crippen molar-refractivity contribution in [1.82, 2.24) is 0 Å². The van der Waals surface area contributed by atoms with Crippen molar-refractivity contribution in [2.24, 2.45) is 5.41 Å². The molecule has 0 radical (unpaired) electrons. The highest BCUT2D eigenvalue weighted by atomic mass is 16.5. The SMILES string of the molecule is CCN(C(=O)C1(C(=O)Nc2cccc(C(=O)OC)c2)CC1)c1ccccc1. The molecule has 140 valence electrons. The Balaban J connectivity index is 1.78. The van der Waals surface area contributed by atoms with Crippen molar-refractivity contribution < 1.29 is 19.1 Å². The average Bonchev–Trinajstić information content (AvgIpc) is 3.51. The molecule has 27 heavy (non-hydrogen) atoms. The van der Waals surface area contributed by atoms with Gasteiger partial charge in [-0.15, -0.1) is 0 Å². The van der Waals surface area contributed by atoms with Crippen LogP contribution in [-0.4, -0.2) is 31.4 Å². The van der Waals surface area contributed by atoms with E-state index in [4.69, 9.17) is 4.74 Å². The second-order valence-electron chi connectivity index (χ2n) is 6.49. The van der Waals surface area contributed by atoms with E-state index >= 15 is 0 Å². The minimum atomic E-state index is -1.05. The lowest BCUT2D eigenvalue weighted by Gasteiger charge is -2.26. The number of nitrogens with zero attached hydrogens (tertiary/aromatic N) is 1. The minimum absolute atomic E-state index is 0.196. The van der Waals surface area contributed by atoms with E-state index in [1.54, 1.807) is 29.2 Å². The van der Waals surface area contributed by atoms with Gasteiger partial charge in [0.15, 0.2) is 0 Å². The number of hydrogen-bond donors (Lipinski definition) is 1. The highest BCUT2D eigenvalue weighted by molar-refractivity contribution is 6.17.